The molecule has 2 aromatic rings. The molecule has 1 aliphatic rings. The molecular weight excluding hydrogens is 336 g/mol. The number of carbonyl (C=O) groups is 1. The quantitative estimate of drug-likeness (QED) is 0.911. The summed E-state index contributed by atoms with van der Waals surface area (Å²) in [6, 6.07) is 11.8. The van der Waals surface area contributed by atoms with Crippen molar-refractivity contribution in [3.63, 3.8) is 0 Å². The Morgan fingerprint density at radius 3 is 2.48 bits per heavy atom. The van der Waals surface area contributed by atoms with Crippen molar-refractivity contribution in [2.45, 2.75) is 31.6 Å². The van der Waals surface area contributed by atoms with Crippen molar-refractivity contribution >= 4 is 21.6 Å². The van der Waals surface area contributed by atoms with Crippen molar-refractivity contribution in [3.05, 3.63) is 59.2 Å². The molecule has 0 aliphatic carbocycles. The number of hydrogen-bond donors (Lipinski definition) is 1. The zero-order chi connectivity index (χ0) is 18.0. The third kappa shape index (κ3) is 3.85. The normalized spacial score (nSPS) is 14.6. The molecule has 2 aromatic carbocycles. The molecule has 0 aromatic heterocycles. The fraction of sp³-hybridized carbons (Fsp3) is 0.316. The Balaban J connectivity index is 1.88. The monoisotopic (exact) mass is 358 g/mol. The van der Waals surface area contributed by atoms with Gasteiger partial charge in [-0.1, -0.05) is 18.2 Å². The van der Waals surface area contributed by atoms with Crippen LogP contribution in [-0.4, -0.2) is 32.3 Å². The summed E-state index contributed by atoms with van der Waals surface area (Å²) in [4.78, 5) is 14.4. The third-order valence-corrected chi connectivity index (χ3v) is 5.79. The molecule has 1 amide bonds. The Bertz CT molecular complexity index is 901. The fourth-order valence-corrected chi connectivity index (χ4v) is 4.12. The summed E-state index contributed by atoms with van der Waals surface area (Å²) in [5.74, 6) is -0.110. The van der Waals surface area contributed by atoms with Crippen LogP contribution in [0.4, 0.5) is 5.69 Å². The molecule has 5 nitrogen and oxygen atoms in total. The minimum atomic E-state index is -3.75. The van der Waals surface area contributed by atoms with Gasteiger partial charge in [-0.15, -0.1) is 0 Å². The van der Waals surface area contributed by atoms with Crippen LogP contribution in [0.15, 0.2) is 47.4 Å². The van der Waals surface area contributed by atoms with Crippen molar-refractivity contribution in [2.75, 3.05) is 17.8 Å². The number of nitrogens with zero attached hydrogens (tertiary/aromatic N) is 1. The van der Waals surface area contributed by atoms with Crippen LogP contribution in [0.5, 0.6) is 0 Å². The number of rotatable bonds is 4. The maximum Gasteiger partial charge on any atom is 0.261 e. The number of sulfonamides is 1. The van der Waals surface area contributed by atoms with Gasteiger partial charge in [0.05, 0.1) is 10.6 Å². The molecule has 132 valence electrons. The van der Waals surface area contributed by atoms with E-state index in [0.29, 0.717) is 11.3 Å². The molecule has 0 spiro atoms. The van der Waals surface area contributed by atoms with E-state index in [9.17, 15) is 13.2 Å². The van der Waals surface area contributed by atoms with Crippen LogP contribution in [0.3, 0.4) is 0 Å². The number of aryl methyl sites for hydroxylation is 2. The summed E-state index contributed by atoms with van der Waals surface area (Å²) in [6.45, 7) is 5.23. The molecule has 1 fully saturated rings. The second kappa shape index (κ2) is 6.88. The molecule has 25 heavy (non-hydrogen) atoms. The number of carbonyl (C=O) groups excluding carboxylic acids is 1. The number of anilines is 1. The van der Waals surface area contributed by atoms with Crippen LogP contribution in [-0.2, 0) is 10.0 Å². The van der Waals surface area contributed by atoms with Gasteiger partial charge in [-0.25, -0.2) is 8.42 Å². The molecular formula is C19H22N2O3S. The van der Waals surface area contributed by atoms with E-state index in [-0.39, 0.29) is 10.8 Å². The second-order valence-electron chi connectivity index (χ2n) is 6.45. The number of benzene rings is 2. The highest BCUT2D eigenvalue weighted by atomic mass is 32.2. The largest absolute Gasteiger partial charge is 0.339 e. The molecule has 0 saturated carbocycles. The highest BCUT2D eigenvalue weighted by Gasteiger charge is 2.22. The zero-order valence-corrected chi connectivity index (χ0v) is 15.3. The molecule has 1 aliphatic heterocycles. The van der Waals surface area contributed by atoms with E-state index in [0.717, 1.165) is 37.1 Å². The van der Waals surface area contributed by atoms with Crippen LogP contribution >= 0.6 is 0 Å². The van der Waals surface area contributed by atoms with Gasteiger partial charge >= 0.3 is 0 Å². The lowest BCUT2D eigenvalue weighted by Crippen LogP contribution is -2.27. The second-order valence-corrected chi connectivity index (χ2v) is 8.13. The van der Waals surface area contributed by atoms with Gasteiger partial charge in [-0.05, 0) is 62.1 Å². The number of nitrogens with one attached hydrogen (secondary N) is 1. The van der Waals surface area contributed by atoms with Gasteiger partial charge in [-0.2, -0.15) is 0 Å². The summed E-state index contributed by atoms with van der Waals surface area (Å²) in [6.07, 6.45) is 2.00. The van der Waals surface area contributed by atoms with Gasteiger partial charge in [-0.3, -0.25) is 9.52 Å². The highest BCUT2D eigenvalue weighted by molar-refractivity contribution is 7.92. The average Bonchev–Trinajstić information content (AvgIpc) is 3.12. The highest BCUT2D eigenvalue weighted by Crippen LogP contribution is 2.22. The van der Waals surface area contributed by atoms with Gasteiger partial charge in [0.2, 0.25) is 0 Å². The van der Waals surface area contributed by atoms with E-state index in [1.165, 1.54) is 12.1 Å². The summed E-state index contributed by atoms with van der Waals surface area (Å²) in [5, 5.41) is 0. The molecule has 1 N–H and O–H groups in total. The van der Waals surface area contributed by atoms with Crippen molar-refractivity contribution in [3.8, 4) is 0 Å². The first-order valence-corrected chi connectivity index (χ1v) is 9.84. The van der Waals surface area contributed by atoms with Crippen LogP contribution in [0.1, 0.15) is 34.3 Å². The van der Waals surface area contributed by atoms with E-state index in [4.69, 9.17) is 0 Å². The molecule has 3 rings (SSSR count). The van der Waals surface area contributed by atoms with Crippen LogP contribution in [0.2, 0.25) is 0 Å². The van der Waals surface area contributed by atoms with E-state index in [1.54, 1.807) is 23.1 Å². The summed E-state index contributed by atoms with van der Waals surface area (Å²) in [5.41, 5.74) is 2.78. The van der Waals surface area contributed by atoms with Crippen molar-refractivity contribution in [2.24, 2.45) is 0 Å². The molecule has 0 atom stereocenters. The molecule has 6 heteroatoms. The molecule has 0 unspecified atom stereocenters. The Hall–Kier alpha value is -2.34. The van der Waals surface area contributed by atoms with Gasteiger partial charge in [0.1, 0.15) is 0 Å². The Morgan fingerprint density at radius 1 is 1.04 bits per heavy atom. The Labute approximate surface area is 148 Å². The summed E-state index contributed by atoms with van der Waals surface area (Å²) in [7, 11) is -3.75. The van der Waals surface area contributed by atoms with Crippen LogP contribution in [0.25, 0.3) is 0 Å². The minimum Gasteiger partial charge on any atom is -0.339 e. The number of likely N-dealkylation sites (tertiary alicyclic amines) is 1. The number of amides is 1. The van der Waals surface area contributed by atoms with Gasteiger partial charge in [0, 0.05) is 18.7 Å². The van der Waals surface area contributed by atoms with Crippen LogP contribution < -0.4 is 4.72 Å². The smallest absolute Gasteiger partial charge is 0.261 e. The predicted molar refractivity (Wildman–Crippen MR) is 98.3 cm³/mol. The fourth-order valence-electron chi connectivity index (χ4n) is 2.95. The number of hydrogen-bond acceptors (Lipinski definition) is 3. The predicted octanol–water partition coefficient (Wildman–Crippen LogP) is 3.34. The first-order chi connectivity index (χ1) is 11.9. The van der Waals surface area contributed by atoms with Crippen molar-refractivity contribution < 1.29 is 13.2 Å². The average molecular weight is 358 g/mol. The Morgan fingerprint density at radius 2 is 1.76 bits per heavy atom. The lowest BCUT2D eigenvalue weighted by molar-refractivity contribution is 0.0792. The van der Waals surface area contributed by atoms with Gasteiger partial charge in [0.25, 0.3) is 15.9 Å². The van der Waals surface area contributed by atoms with E-state index < -0.39 is 10.0 Å². The van der Waals surface area contributed by atoms with Crippen molar-refractivity contribution in [1.29, 1.82) is 0 Å². The van der Waals surface area contributed by atoms with Gasteiger partial charge < -0.3 is 4.90 Å². The van der Waals surface area contributed by atoms with Gasteiger partial charge in [0.15, 0.2) is 0 Å². The molecule has 0 radical (unpaired) electrons. The maximum absolute atomic E-state index is 12.7. The molecule has 0 bridgehead atoms. The zero-order valence-electron chi connectivity index (χ0n) is 14.5. The summed E-state index contributed by atoms with van der Waals surface area (Å²) < 4.78 is 28.1. The van der Waals surface area contributed by atoms with E-state index in [2.05, 4.69) is 4.72 Å². The lowest BCUT2D eigenvalue weighted by atomic mass is 10.1. The first-order valence-electron chi connectivity index (χ1n) is 8.36. The summed E-state index contributed by atoms with van der Waals surface area (Å²) >= 11 is 0. The third-order valence-electron chi connectivity index (χ3n) is 4.42. The SMILES string of the molecule is Cc1ccc(C)c(NS(=O)(=O)c2cccc(C(=O)N3CCCC3)c2)c1. The van der Waals surface area contributed by atoms with E-state index >= 15 is 0 Å². The molecule has 1 saturated heterocycles. The van der Waals surface area contributed by atoms with Crippen LogP contribution in [0, 0.1) is 13.8 Å². The van der Waals surface area contributed by atoms with E-state index in [1.807, 2.05) is 26.0 Å². The maximum atomic E-state index is 12.7. The Kier molecular flexibility index (Phi) is 4.81. The molecule has 1 heterocycles. The lowest BCUT2D eigenvalue weighted by Gasteiger charge is -2.16. The minimum absolute atomic E-state index is 0.0958. The van der Waals surface area contributed by atoms with Crippen molar-refractivity contribution in [1.82, 2.24) is 4.90 Å². The first kappa shape index (κ1) is 17.5. The standard InChI is InChI=1S/C19H22N2O3S/c1-14-8-9-15(2)18(12-14)20-25(23,24)17-7-5-6-16(13-17)19(22)21-10-3-4-11-21/h5-9,12-13,20H,3-4,10-11H2,1-2H3. The topological polar surface area (TPSA) is 66.5 Å².